The highest BCUT2D eigenvalue weighted by atomic mass is 35.5. The molecule has 1 atom stereocenters. The molecule has 1 aromatic heterocycles. The van der Waals surface area contributed by atoms with Crippen molar-refractivity contribution < 1.29 is 4.74 Å². The van der Waals surface area contributed by atoms with Crippen LogP contribution in [-0.4, -0.2) is 14.8 Å². The largest absolute Gasteiger partial charge is 0.484 e. The first kappa shape index (κ1) is 14.8. The second-order valence-electron chi connectivity index (χ2n) is 4.98. The fourth-order valence-corrected chi connectivity index (χ4v) is 2.11. The Bertz CT molecular complexity index is 580. The SMILES string of the molecule is CC(N)c1ccc(OCc2ncnn2C(C)C)c(Cl)c1. The molecule has 0 saturated heterocycles. The van der Waals surface area contributed by atoms with Crippen molar-refractivity contribution >= 4 is 11.6 Å². The Labute approximate surface area is 123 Å². The predicted molar refractivity (Wildman–Crippen MR) is 78.8 cm³/mol. The maximum atomic E-state index is 6.19. The third kappa shape index (κ3) is 3.29. The van der Waals surface area contributed by atoms with Gasteiger partial charge in [-0.05, 0) is 38.5 Å². The quantitative estimate of drug-likeness (QED) is 0.920. The van der Waals surface area contributed by atoms with Crippen molar-refractivity contribution in [2.24, 2.45) is 5.73 Å². The minimum atomic E-state index is -0.0504. The van der Waals surface area contributed by atoms with Crippen molar-refractivity contribution in [2.75, 3.05) is 0 Å². The van der Waals surface area contributed by atoms with E-state index < -0.39 is 0 Å². The number of halogens is 1. The van der Waals surface area contributed by atoms with E-state index in [4.69, 9.17) is 22.1 Å². The van der Waals surface area contributed by atoms with Gasteiger partial charge in [0.1, 0.15) is 18.7 Å². The zero-order valence-electron chi connectivity index (χ0n) is 11.9. The zero-order valence-corrected chi connectivity index (χ0v) is 12.6. The summed E-state index contributed by atoms with van der Waals surface area (Å²) in [5, 5.41) is 4.72. The van der Waals surface area contributed by atoms with Gasteiger partial charge in [0.05, 0.1) is 5.02 Å². The smallest absolute Gasteiger partial charge is 0.165 e. The van der Waals surface area contributed by atoms with Gasteiger partial charge < -0.3 is 10.5 Å². The molecular formula is C14H19ClN4O. The molecule has 1 unspecified atom stereocenters. The van der Waals surface area contributed by atoms with E-state index in [9.17, 15) is 0 Å². The molecule has 1 heterocycles. The van der Waals surface area contributed by atoms with Crippen molar-refractivity contribution in [3.8, 4) is 5.75 Å². The highest BCUT2D eigenvalue weighted by molar-refractivity contribution is 6.32. The second-order valence-corrected chi connectivity index (χ2v) is 5.39. The van der Waals surface area contributed by atoms with Gasteiger partial charge in [-0.1, -0.05) is 17.7 Å². The molecule has 0 bridgehead atoms. The van der Waals surface area contributed by atoms with Crippen LogP contribution in [0.4, 0.5) is 0 Å². The molecule has 6 heteroatoms. The molecule has 0 aliphatic heterocycles. The maximum absolute atomic E-state index is 6.19. The summed E-state index contributed by atoms with van der Waals surface area (Å²) in [6.45, 7) is 6.33. The van der Waals surface area contributed by atoms with E-state index in [2.05, 4.69) is 10.1 Å². The molecule has 5 nitrogen and oxygen atoms in total. The van der Waals surface area contributed by atoms with Gasteiger partial charge in [0.25, 0.3) is 0 Å². The second kappa shape index (κ2) is 6.24. The lowest BCUT2D eigenvalue weighted by atomic mass is 10.1. The highest BCUT2D eigenvalue weighted by Crippen LogP contribution is 2.28. The van der Waals surface area contributed by atoms with Gasteiger partial charge in [-0.25, -0.2) is 9.67 Å². The van der Waals surface area contributed by atoms with Crippen LogP contribution in [0.5, 0.6) is 5.75 Å². The first-order valence-electron chi connectivity index (χ1n) is 6.55. The Hall–Kier alpha value is -1.59. The number of benzene rings is 1. The Morgan fingerprint density at radius 3 is 2.70 bits per heavy atom. The number of hydrogen-bond acceptors (Lipinski definition) is 4. The lowest BCUT2D eigenvalue weighted by Gasteiger charge is -2.12. The Morgan fingerprint density at radius 2 is 2.10 bits per heavy atom. The van der Waals surface area contributed by atoms with E-state index in [-0.39, 0.29) is 12.1 Å². The van der Waals surface area contributed by atoms with Crippen LogP contribution in [0, 0.1) is 0 Å². The summed E-state index contributed by atoms with van der Waals surface area (Å²) in [7, 11) is 0. The number of ether oxygens (including phenoxy) is 1. The molecule has 2 N–H and O–H groups in total. The van der Waals surface area contributed by atoms with E-state index in [0.717, 1.165) is 11.4 Å². The molecule has 0 aliphatic carbocycles. The number of nitrogens with two attached hydrogens (primary N) is 1. The summed E-state index contributed by atoms with van der Waals surface area (Å²) in [6.07, 6.45) is 1.53. The molecule has 1 aromatic carbocycles. The van der Waals surface area contributed by atoms with E-state index in [1.807, 2.05) is 43.7 Å². The summed E-state index contributed by atoms with van der Waals surface area (Å²) in [4.78, 5) is 4.19. The monoisotopic (exact) mass is 294 g/mol. The van der Waals surface area contributed by atoms with Crippen molar-refractivity contribution in [1.29, 1.82) is 0 Å². The molecule has 108 valence electrons. The summed E-state index contributed by atoms with van der Waals surface area (Å²) in [5.74, 6) is 1.39. The van der Waals surface area contributed by atoms with Gasteiger partial charge in [0.2, 0.25) is 0 Å². The first-order chi connectivity index (χ1) is 9.49. The van der Waals surface area contributed by atoms with Crippen molar-refractivity contribution in [2.45, 2.75) is 39.5 Å². The Balaban J connectivity index is 2.09. The molecule has 0 aliphatic rings. The van der Waals surface area contributed by atoms with Crippen molar-refractivity contribution in [1.82, 2.24) is 14.8 Å². The average molecular weight is 295 g/mol. The van der Waals surface area contributed by atoms with Crippen LogP contribution < -0.4 is 10.5 Å². The fraction of sp³-hybridized carbons (Fsp3) is 0.429. The third-order valence-corrected chi connectivity index (χ3v) is 3.27. The summed E-state index contributed by atoms with van der Waals surface area (Å²) >= 11 is 6.19. The highest BCUT2D eigenvalue weighted by Gasteiger charge is 2.10. The van der Waals surface area contributed by atoms with Gasteiger partial charge >= 0.3 is 0 Å². The number of rotatable bonds is 5. The molecule has 2 rings (SSSR count). The van der Waals surface area contributed by atoms with E-state index >= 15 is 0 Å². The molecule has 0 fully saturated rings. The van der Waals surface area contributed by atoms with Gasteiger partial charge in [-0.15, -0.1) is 0 Å². The fourth-order valence-electron chi connectivity index (χ4n) is 1.87. The third-order valence-electron chi connectivity index (χ3n) is 2.97. The molecule has 0 saturated carbocycles. The molecule has 0 amide bonds. The maximum Gasteiger partial charge on any atom is 0.165 e. The van der Waals surface area contributed by atoms with Crippen LogP contribution in [0.2, 0.25) is 5.02 Å². The van der Waals surface area contributed by atoms with E-state index in [1.54, 1.807) is 0 Å². The Kier molecular flexibility index (Phi) is 4.62. The van der Waals surface area contributed by atoms with Crippen LogP contribution in [0.1, 0.15) is 44.2 Å². The minimum Gasteiger partial charge on any atom is -0.484 e. The number of nitrogens with zero attached hydrogens (tertiary/aromatic N) is 3. The number of aromatic nitrogens is 3. The Morgan fingerprint density at radius 1 is 1.35 bits per heavy atom. The van der Waals surface area contributed by atoms with Crippen LogP contribution >= 0.6 is 11.6 Å². The summed E-state index contributed by atoms with van der Waals surface area (Å²) in [6, 6.07) is 5.77. The van der Waals surface area contributed by atoms with Crippen LogP contribution in [-0.2, 0) is 6.61 Å². The van der Waals surface area contributed by atoms with Crippen LogP contribution in [0.3, 0.4) is 0 Å². The predicted octanol–water partition coefficient (Wildman–Crippen LogP) is 3.11. The lowest BCUT2D eigenvalue weighted by Crippen LogP contribution is -2.11. The average Bonchev–Trinajstić information content (AvgIpc) is 2.85. The van der Waals surface area contributed by atoms with Gasteiger partial charge in [-0.3, -0.25) is 0 Å². The van der Waals surface area contributed by atoms with Gasteiger partial charge in [0.15, 0.2) is 5.82 Å². The summed E-state index contributed by atoms with van der Waals surface area (Å²) in [5.41, 5.74) is 6.80. The van der Waals surface area contributed by atoms with Crippen molar-refractivity contribution in [3.63, 3.8) is 0 Å². The standard InChI is InChI=1S/C14H19ClN4O/c1-9(2)19-14(17-8-18-19)7-20-13-5-4-11(10(3)16)6-12(13)15/h4-6,8-10H,7,16H2,1-3H3. The molecule has 0 spiro atoms. The number of hydrogen-bond donors (Lipinski definition) is 1. The van der Waals surface area contributed by atoms with E-state index in [0.29, 0.717) is 17.4 Å². The molecule has 0 radical (unpaired) electrons. The topological polar surface area (TPSA) is 66.0 Å². The van der Waals surface area contributed by atoms with Crippen LogP contribution in [0.25, 0.3) is 0 Å². The normalized spacial score (nSPS) is 12.7. The first-order valence-corrected chi connectivity index (χ1v) is 6.93. The van der Waals surface area contributed by atoms with Crippen LogP contribution in [0.15, 0.2) is 24.5 Å². The lowest BCUT2D eigenvalue weighted by molar-refractivity contribution is 0.282. The van der Waals surface area contributed by atoms with E-state index in [1.165, 1.54) is 6.33 Å². The summed E-state index contributed by atoms with van der Waals surface area (Å²) < 4.78 is 7.53. The minimum absolute atomic E-state index is 0.0504. The van der Waals surface area contributed by atoms with Gasteiger partial charge in [-0.2, -0.15) is 5.10 Å². The zero-order chi connectivity index (χ0) is 14.7. The molecule has 20 heavy (non-hydrogen) atoms. The molecular weight excluding hydrogens is 276 g/mol. The molecule has 2 aromatic rings. The van der Waals surface area contributed by atoms with Crippen molar-refractivity contribution in [3.05, 3.63) is 40.9 Å². The van der Waals surface area contributed by atoms with Gasteiger partial charge in [0, 0.05) is 12.1 Å².